The standard InChI is InChI=1S/C17H19NO3/c1-3-21-17(20)14-4-8-15(9-5-14)18-12(2)13-6-10-16(19)11-7-13/h4-12,18-19H,3H2,1-2H3. The largest absolute Gasteiger partial charge is 0.508 e. The summed E-state index contributed by atoms with van der Waals surface area (Å²) in [6.07, 6.45) is 0. The van der Waals surface area contributed by atoms with Crippen LogP contribution in [0.5, 0.6) is 5.75 Å². The van der Waals surface area contributed by atoms with Gasteiger partial charge in [0.2, 0.25) is 0 Å². The van der Waals surface area contributed by atoms with Crippen molar-refractivity contribution >= 4 is 11.7 Å². The van der Waals surface area contributed by atoms with Gasteiger partial charge in [-0.25, -0.2) is 4.79 Å². The van der Waals surface area contributed by atoms with E-state index in [-0.39, 0.29) is 17.8 Å². The minimum absolute atomic E-state index is 0.0963. The van der Waals surface area contributed by atoms with Gasteiger partial charge in [-0.05, 0) is 55.8 Å². The lowest BCUT2D eigenvalue weighted by molar-refractivity contribution is 0.0526. The second kappa shape index (κ2) is 6.79. The van der Waals surface area contributed by atoms with E-state index in [0.717, 1.165) is 11.3 Å². The van der Waals surface area contributed by atoms with E-state index in [1.165, 1.54) is 0 Å². The first-order valence-electron chi connectivity index (χ1n) is 6.93. The molecule has 2 aromatic carbocycles. The molecule has 1 atom stereocenters. The predicted molar refractivity (Wildman–Crippen MR) is 82.5 cm³/mol. The first kappa shape index (κ1) is 14.9. The van der Waals surface area contributed by atoms with Crippen LogP contribution in [0.4, 0.5) is 5.69 Å². The molecule has 0 aliphatic rings. The molecule has 110 valence electrons. The highest BCUT2D eigenvalue weighted by Gasteiger charge is 2.08. The predicted octanol–water partition coefficient (Wildman–Crippen LogP) is 3.74. The summed E-state index contributed by atoms with van der Waals surface area (Å²) in [6, 6.07) is 14.4. The van der Waals surface area contributed by atoms with Gasteiger partial charge >= 0.3 is 5.97 Å². The summed E-state index contributed by atoms with van der Waals surface area (Å²) in [5.74, 6) is -0.0552. The van der Waals surface area contributed by atoms with E-state index in [4.69, 9.17) is 4.74 Å². The van der Waals surface area contributed by atoms with Crippen LogP contribution in [0.1, 0.15) is 35.8 Å². The molecule has 0 aliphatic carbocycles. The van der Waals surface area contributed by atoms with Gasteiger partial charge in [0, 0.05) is 11.7 Å². The Balaban J connectivity index is 2.02. The minimum atomic E-state index is -0.310. The number of anilines is 1. The van der Waals surface area contributed by atoms with Crippen LogP contribution >= 0.6 is 0 Å². The number of benzene rings is 2. The molecule has 2 N–H and O–H groups in total. The van der Waals surface area contributed by atoms with E-state index >= 15 is 0 Å². The van der Waals surface area contributed by atoms with E-state index in [9.17, 15) is 9.90 Å². The molecule has 4 nitrogen and oxygen atoms in total. The Labute approximate surface area is 124 Å². The summed E-state index contributed by atoms with van der Waals surface area (Å²) in [6.45, 7) is 4.19. The Hall–Kier alpha value is -2.49. The Morgan fingerprint density at radius 2 is 1.76 bits per heavy atom. The third-order valence-corrected chi connectivity index (χ3v) is 3.17. The van der Waals surface area contributed by atoms with Crippen molar-refractivity contribution in [2.24, 2.45) is 0 Å². The molecule has 0 bridgehead atoms. The number of ether oxygens (including phenoxy) is 1. The number of nitrogens with one attached hydrogen (secondary N) is 1. The van der Waals surface area contributed by atoms with Crippen molar-refractivity contribution in [3.63, 3.8) is 0 Å². The Morgan fingerprint density at radius 3 is 2.33 bits per heavy atom. The monoisotopic (exact) mass is 285 g/mol. The van der Waals surface area contributed by atoms with Crippen LogP contribution < -0.4 is 5.32 Å². The minimum Gasteiger partial charge on any atom is -0.508 e. The van der Waals surface area contributed by atoms with E-state index in [1.807, 2.05) is 31.2 Å². The van der Waals surface area contributed by atoms with Gasteiger partial charge in [0.25, 0.3) is 0 Å². The topological polar surface area (TPSA) is 58.6 Å². The van der Waals surface area contributed by atoms with Gasteiger partial charge < -0.3 is 15.2 Å². The number of esters is 1. The van der Waals surface area contributed by atoms with Crippen molar-refractivity contribution in [2.75, 3.05) is 11.9 Å². The fourth-order valence-corrected chi connectivity index (χ4v) is 2.01. The number of rotatable bonds is 5. The number of carbonyl (C=O) groups is 1. The van der Waals surface area contributed by atoms with Crippen molar-refractivity contribution in [3.8, 4) is 5.75 Å². The highest BCUT2D eigenvalue weighted by molar-refractivity contribution is 5.89. The molecule has 1 unspecified atom stereocenters. The number of aromatic hydroxyl groups is 1. The lowest BCUT2D eigenvalue weighted by Gasteiger charge is -2.16. The van der Waals surface area contributed by atoms with Gasteiger partial charge in [-0.2, -0.15) is 0 Å². The van der Waals surface area contributed by atoms with Crippen LogP contribution in [0, 0.1) is 0 Å². The highest BCUT2D eigenvalue weighted by Crippen LogP contribution is 2.21. The van der Waals surface area contributed by atoms with Gasteiger partial charge in [0.1, 0.15) is 5.75 Å². The van der Waals surface area contributed by atoms with Crippen LogP contribution in [-0.4, -0.2) is 17.7 Å². The highest BCUT2D eigenvalue weighted by atomic mass is 16.5. The number of phenolic OH excluding ortho intramolecular Hbond substituents is 1. The lowest BCUT2D eigenvalue weighted by Crippen LogP contribution is -2.07. The van der Waals surface area contributed by atoms with Crippen molar-refractivity contribution in [1.82, 2.24) is 0 Å². The van der Waals surface area contributed by atoms with Gasteiger partial charge in [-0.3, -0.25) is 0 Å². The second-order valence-corrected chi connectivity index (χ2v) is 4.76. The molecule has 0 amide bonds. The summed E-state index contributed by atoms with van der Waals surface area (Å²) in [5, 5.41) is 12.6. The van der Waals surface area contributed by atoms with Crippen molar-refractivity contribution in [3.05, 3.63) is 59.7 Å². The maximum atomic E-state index is 11.6. The van der Waals surface area contributed by atoms with Crippen LogP contribution in [0.25, 0.3) is 0 Å². The van der Waals surface area contributed by atoms with E-state index in [2.05, 4.69) is 5.32 Å². The molecule has 0 heterocycles. The van der Waals surface area contributed by atoms with E-state index < -0.39 is 0 Å². The SMILES string of the molecule is CCOC(=O)c1ccc(NC(C)c2ccc(O)cc2)cc1. The Kier molecular flexibility index (Phi) is 4.82. The van der Waals surface area contributed by atoms with Gasteiger partial charge in [-0.1, -0.05) is 12.1 Å². The molecule has 2 rings (SSSR count). The van der Waals surface area contributed by atoms with Crippen molar-refractivity contribution in [1.29, 1.82) is 0 Å². The zero-order valence-corrected chi connectivity index (χ0v) is 12.2. The molecule has 0 spiro atoms. The van der Waals surface area contributed by atoms with Crippen LogP contribution in [0.2, 0.25) is 0 Å². The molecule has 0 aromatic heterocycles. The van der Waals surface area contributed by atoms with Crippen LogP contribution in [-0.2, 0) is 4.74 Å². The molecule has 0 aliphatic heterocycles. The Morgan fingerprint density at radius 1 is 1.14 bits per heavy atom. The lowest BCUT2D eigenvalue weighted by atomic mass is 10.1. The second-order valence-electron chi connectivity index (χ2n) is 4.76. The molecule has 0 saturated heterocycles. The Bertz CT molecular complexity index is 590. The van der Waals surface area contributed by atoms with Crippen LogP contribution in [0.3, 0.4) is 0 Å². The number of hydrogen-bond donors (Lipinski definition) is 2. The summed E-state index contributed by atoms with van der Waals surface area (Å²) in [7, 11) is 0. The average Bonchev–Trinajstić information content (AvgIpc) is 2.49. The maximum absolute atomic E-state index is 11.6. The zero-order valence-electron chi connectivity index (χ0n) is 12.2. The number of carbonyl (C=O) groups excluding carboxylic acids is 1. The van der Waals surface area contributed by atoms with E-state index in [0.29, 0.717) is 12.2 Å². The van der Waals surface area contributed by atoms with Crippen LogP contribution in [0.15, 0.2) is 48.5 Å². The smallest absolute Gasteiger partial charge is 0.338 e. The van der Waals surface area contributed by atoms with Crippen molar-refractivity contribution < 1.29 is 14.6 Å². The fourth-order valence-electron chi connectivity index (χ4n) is 2.01. The third-order valence-electron chi connectivity index (χ3n) is 3.17. The van der Waals surface area contributed by atoms with Gasteiger partial charge in [0.05, 0.1) is 12.2 Å². The van der Waals surface area contributed by atoms with Crippen molar-refractivity contribution in [2.45, 2.75) is 19.9 Å². The zero-order chi connectivity index (χ0) is 15.2. The summed E-state index contributed by atoms with van der Waals surface area (Å²) in [5.41, 5.74) is 2.53. The number of phenols is 1. The summed E-state index contributed by atoms with van der Waals surface area (Å²) >= 11 is 0. The molecule has 0 fully saturated rings. The first-order chi connectivity index (χ1) is 10.1. The van der Waals surface area contributed by atoms with E-state index in [1.54, 1.807) is 31.2 Å². The maximum Gasteiger partial charge on any atom is 0.338 e. The molecular formula is C17H19NO3. The molecule has 0 saturated carbocycles. The average molecular weight is 285 g/mol. The molecule has 2 aromatic rings. The first-order valence-corrected chi connectivity index (χ1v) is 6.93. The molecular weight excluding hydrogens is 266 g/mol. The molecule has 4 heteroatoms. The molecule has 0 radical (unpaired) electrons. The molecule has 21 heavy (non-hydrogen) atoms. The summed E-state index contributed by atoms with van der Waals surface area (Å²) in [4.78, 5) is 11.6. The van der Waals surface area contributed by atoms with Gasteiger partial charge in [0.15, 0.2) is 0 Å². The number of hydrogen-bond acceptors (Lipinski definition) is 4. The van der Waals surface area contributed by atoms with Gasteiger partial charge in [-0.15, -0.1) is 0 Å². The quantitative estimate of drug-likeness (QED) is 0.822. The fraction of sp³-hybridized carbons (Fsp3) is 0.235. The summed E-state index contributed by atoms with van der Waals surface area (Å²) < 4.78 is 4.95. The normalized spacial score (nSPS) is 11.7. The third kappa shape index (κ3) is 3.99.